The van der Waals surface area contributed by atoms with Crippen LogP contribution in [-0.4, -0.2) is 60.3 Å². The zero-order valence-electron chi connectivity index (χ0n) is 18.4. The van der Waals surface area contributed by atoms with Gasteiger partial charge in [-0.3, -0.25) is 9.69 Å². The van der Waals surface area contributed by atoms with Crippen molar-refractivity contribution in [2.45, 2.75) is 31.9 Å². The topological polar surface area (TPSA) is 79.3 Å². The number of carboxylic acid groups (broad SMARTS) is 1. The van der Waals surface area contributed by atoms with Crippen LogP contribution in [0.4, 0.5) is 5.69 Å². The molecule has 4 rings (SSSR count). The molecule has 0 aliphatic carbocycles. The number of amides is 1. The third-order valence-electron chi connectivity index (χ3n) is 6.54. The van der Waals surface area contributed by atoms with Crippen LogP contribution in [0.15, 0.2) is 54.6 Å². The fraction of sp³-hybridized carbons (Fsp3) is 0.440. The summed E-state index contributed by atoms with van der Waals surface area (Å²) in [4.78, 5) is 27.6. The van der Waals surface area contributed by atoms with Gasteiger partial charge in [0.05, 0.1) is 12.1 Å². The Labute approximate surface area is 188 Å². The molecule has 0 spiro atoms. The zero-order valence-corrected chi connectivity index (χ0v) is 18.4. The molecular weight excluding hydrogens is 408 g/mol. The summed E-state index contributed by atoms with van der Waals surface area (Å²) in [5, 5.41) is 8.90. The van der Waals surface area contributed by atoms with Crippen molar-refractivity contribution >= 4 is 17.6 Å². The van der Waals surface area contributed by atoms with E-state index >= 15 is 0 Å². The first kappa shape index (κ1) is 22.3. The first-order chi connectivity index (χ1) is 15.4. The minimum atomic E-state index is -0.982. The van der Waals surface area contributed by atoms with Crippen molar-refractivity contribution in [3.8, 4) is 5.75 Å². The van der Waals surface area contributed by atoms with Crippen molar-refractivity contribution in [3.63, 3.8) is 0 Å². The Balaban J connectivity index is 1.37. The highest BCUT2D eigenvalue weighted by molar-refractivity contribution is 5.95. The Morgan fingerprint density at radius 1 is 1.12 bits per heavy atom. The van der Waals surface area contributed by atoms with E-state index in [2.05, 4.69) is 11.8 Å². The summed E-state index contributed by atoms with van der Waals surface area (Å²) >= 11 is 0. The van der Waals surface area contributed by atoms with Crippen LogP contribution in [0.25, 0.3) is 0 Å². The largest absolute Gasteiger partial charge is 0.482 e. The van der Waals surface area contributed by atoms with Gasteiger partial charge in [-0.05, 0) is 57.0 Å². The summed E-state index contributed by atoms with van der Waals surface area (Å²) < 4.78 is 11.6. The molecule has 2 fully saturated rings. The van der Waals surface area contributed by atoms with E-state index in [0.717, 1.165) is 37.2 Å². The third kappa shape index (κ3) is 5.11. The molecule has 1 N–H and O–H groups in total. The van der Waals surface area contributed by atoms with Crippen LogP contribution in [0, 0.1) is 5.92 Å². The summed E-state index contributed by atoms with van der Waals surface area (Å²) in [6, 6.07) is 17.4. The number of carboxylic acids is 1. The Hall–Kier alpha value is -2.90. The summed E-state index contributed by atoms with van der Waals surface area (Å²) in [7, 11) is 0. The predicted octanol–water partition coefficient (Wildman–Crippen LogP) is 3.18. The van der Waals surface area contributed by atoms with Crippen molar-refractivity contribution in [1.29, 1.82) is 0 Å². The molecule has 1 atom stereocenters. The number of hydrogen-bond acceptors (Lipinski definition) is 5. The van der Waals surface area contributed by atoms with Crippen LogP contribution < -0.4 is 9.64 Å². The molecule has 0 bridgehead atoms. The first-order valence-corrected chi connectivity index (χ1v) is 11.1. The zero-order chi connectivity index (χ0) is 22.6. The van der Waals surface area contributed by atoms with Crippen molar-refractivity contribution in [2.75, 3.05) is 37.7 Å². The number of aliphatic carboxylic acids is 1. The molecule has 2 saturated heterocycles. The average molecular weight is 439 g/mol. The number of carbonyl (C=O) groups excluding carboxylic acids is 1. The van der Waals surface area contributed by atoms with Crippen LogP contribution in [0.3, 0.4) is 0 Å². The highest BCUT2D eigenvalue weighted by Gasteiger charge is 2.43. The number of likely N-dealkylation sites (tertiary alicyclic amines) is 1. The Morgan fingerprint density at radius 3 is 2.53 bits per heavy atom. The molecule has 0 aromatic heterocycles. The van der Waals surface area contributed by atoms with Gasteiger partial charge < -0.3 is 19.5 Å². The van der Waals surface area contributed by atoms with E-state index in [1.807, 2.05) is 59.5 Å². The number of carbonyl (C=O) groups is 2. The van der Waals surface area contributed by atoms with Gasteiger partial charge in [0.2, 0.25) is 0 Å². The number of piperidine rings is 1. The number of morpholine rings is 1. The van der Waals surface area contributed by atoms with E-state index in [-0.39, 0.29) is 24.7 Å². The van der Waals surface area contributed by atoms with Crippen molar-refractivity contribution in [1.82, 2.24) is 4.90 Å². The number of nitrogens with zero attached hydrogens (tertiary/aromatic N) is 2. The quantitative estimate of drug-likeness (QED) is 0.715. The third-order valence-corrected chi connectivity index (χ3v) is 6.54. The standard InChI is InChI=1S/C25H30N2O5/c1-25(18-27(23(28)16-32-25)21-8-3-2-4-9-21)20-11-13-26(14-12-20)15-19-7-5-6-10-22(19)31-17-24(29)30/h2-10,20H,11-18H2,1H3,(H,29,30)/t25-/m1/s1. The smallest absolute Gasteiger partial charge is 0.341 e. The Bertz CT molecular complexity index is 942. The fourth-order valence-electron chi connectivity index (χ4n) is 4.70. The van der Waals surface area contributed by atoms with Gasteiger partial charge in [-0.1, -0.05) is 36.4 Å². The van der Waals surface area contributed by atoms with Gasteiger partial charge in [-0.15, -0.1) is 0 Å². The van der Waals surface area contributed by atoms with Crippen molar-refractivity contribution in [2.24, 2.45) is 5.92 Å². The molecule has 2 heterocycles. The highest BCUT2D eigenvalue weighted by Crippen LogP contribution is 2.36. The SMILES string of the molecule is C[C@]1(C2CCN(Cc3ccccc3OCC(=O)O)CC2)CN(c2ccccc2)C(=O)CO1. The first-order valence-electron chi connectivity index (χ1n) is 11.1. The second-order valence-electron chi connectivity index (χ2n) is 8.76. The summed E-state index contributed by atoms with van der Waals surface area (Å²) in [5.74, 6) is 0.00151. The molecule has 1 amide bonds. The van der Waals surface area contributed by atoms with Crippen molar-refractivity contribution in [3.05, 3.63) is 60.2 Å². The van der Waals surface area contributed by atoms with E-state index in [1.165, 1.54) is 0 Å². The number of anilines is 1. The molecule has 2 aromatic rings. The van der Waals surface area contributed by atoms with E-state index in [9.17, 15) is 9.59 Å². The van der Waals surface area contributed by atoms with Gasteiger partial charge in [0.1, 0.15) is 12.4 Å². The molecule has 2 aliphatic heterocycles. The van der Waals surface area contributed by atoms with Crippen LogP contribution in [0.2, 0.25) is 0 Å². The Kier molecular flexibility index (Phi) is 6.77. The van der Waals surface area contributed by atoms with Gasteiger partial charge in [-0.25, -0.2) is 4.79 Å². The molecule has 0 saturated carbocycles. The Morgan fingerprint density at radius 2 is 1.81 bits per heavy atom. The molecule has 0 radical (unpaired) electrons. The van der Waals surface area contributed by atoms with E-state index in [0.29, 0.717) is 24.8 Å². The second-order valence-corrected chi connectivity index (χ2v) is 8.76. The number of benzene rings is 2. The minimum Gasteiger partial charge on any atom is -0.482 e. The van der Waals surface area contributed by atoms with Crippen LogP contribution in [0.5, 0.6) is 5.75 Å². The molecule has 7 nitrogen and oxygen atoms in total. The maximum absolute atomic E-state index is 12.5. The van der Waals surface area contributed by atoms with E-state index in [4.69, 9.17) is 14.6 Å². The van der Waals surface area contributed by atoms with Crippen LogP contribution >= 0.6 is 0 Å². The minimum absolute atomic E-state index is 0.00378. The lowest BCUT2D eigenvalue weighted by atomic mass is 9.80. The van der Waals surface area contributed by atoms with E-state index < -0.39 is 5.97 Å². The molecule has 2 aliphatic rings. The van der Waals surface area contributed by atoms with Gasteiger partial charge >= 0.3 is 5.97 Å². The highest BCUT2D eigenvalue weighted by atomic mass is 16.5. The van der Waals surface area contributed by atoms with Crippen LogP contribution in [-0.2, 0) is 20.9 Å². The number of ether oxygens (including phenoxy) is 2. The molecule has 7 heteroatoms. The van der Waals surface area contributed by atoms with Crippen molar-refractivity contribution < 1.29 is 24.2 Å². The summed E-state index contributed by atoms with van der Waals surface area (Å²) in [5.41, 5.74) is 1.54. The lowest BCUT2D eigenvalue weighted by Gasteiger charge is -2.47. The molecule has 32 heavy (non-hydrogen) atoms. The molecule has 2 aromatic carbocycles. The summed E-state index contributed by atoms with van der Waals surface area (Å²) in [6.45, 7) is 5.00. The van der Waals surface area contributed by atoms with Gasteiger partial charge in [0.25, 0.3) is 5.91 Å². The molecular formula is C25H30N2O5. The van der Waals surface area contributed by atoms with Gasteiger partial charge in [0.15, 0.2) is 6.61 Å². The van der Waals surface area contributed by atoms with Crippen LogP contribution in [0.1, 0.15) is 25.3 Å². The lowest BCUT2D eigenvalue weighted by Crippen LogP contribution is -2.58. The molecule has 0 unspecified atom stereocenters. The monoisotopic (exact) mass is 438 g/mol. The maximum Gasteiger partial charge on any atom is 0.341 e. The van der Waals surface area contributed by atoms with Gasteiger partial charge in [-0.2, -0.15) is 0 Å². The number of hydrogen-bond donors (Lipinski definition) is 1. The summed E-state index contributed by atoms with van der Waals surface area (Å²) in [6.07, 6.45) is 1.96. The van der Waals surface area contributed by atoms with Gasteiger partial charge in [0, 0.05) is 17.8 Å². The maximum atomic E-state index is 12.5. The number of rotatable bonds is 7. The fourth-order valence-corrected chi connectivity index (χ4v) is 4.70. The average Bonchev–Trinajstić information content (AvgIpc) is 2.81. The lowest BCUT2D eigenvalue weighted by molar-refractivity contribution is -0.146. The predicted molar refractivity (Wildman–Crippen MR) is 121 cm³/mol. The second kappa shape index (κ2) is 9.71. The normalized spacial score (nSPS) is 22.7. The van der Waals surface area contributed by atoms with E-state index in [1.54, 1.807) is 0 Å². The number of para-hydroxylation sites is 2. The molecule has 170 valence electrons.